The number of aryl methyl sites for hydroxylation is 1. The third-order valence-electron chi connectivity index (χ3n) is 2.99. The molecule has 5 heteroatoms. The van der Waals surface area contributed by atoms with Gasteiger partial charge >= 0.3 is 0 Å². The van der Waals surface area contributed by atoms with E-state index in [4.69, 9.17) is 0 Å². The van der Waals surface area contributed by atoms with Gasteiger partial charge in [-0.25, -0.2) is 9.97 Å². The van der Waals surface area contributed by atoms with Gasteiger partial charge in [0.1, 0.15) is 12.1 Å². The molecular weight excluding hydrogens is 234 g/mol. The van der Waals surface area contributed by atoms with E-state index in [0.717, 1.165) is 18.7 Å². The molecular formula is C12H19N3OS. The van der Waals surface area contributed by atoms with Crippen LogP contribution in [0.2, 0.25) is 0 Å². The topological polar surface area (TPSA) is 54.9 Å². The number of nitrogens with one attached hydrogen (secondary N) is 1. The third-order valence-corrected chi connectivity index (χ3v) is 3.96. The maximum atomic E-state index is 11.2. The van der Waals surface area contributed by atoms with E-state index in [-0.39, 0.29) is 6.04 Å². The fourth-order valence-electron chi connectivity index (χ4n) is 2.27. The van der Waals surface area contributed by atoms with Gasteiger partial charge in [-0.1, -0.05) is 0 Å². The Morgan fingerprint density at radius 3 is 2.94 bits per heavy atom. The van der Waals surface area contributed by atoms with E-state index in [1.807, 2.05) is 6.92 Å². The van der Waals surface area contributed by atoms with Gasteiger partial charge in [0, 0.05) is 40.1 Å². The standard InChI is InChI=1S/C12H19N3OS/c1-9(7-17(2)16)15-12-10-5-3-4-6-11(10)13-8-14-12/h8-9H,3-7H2,1-2H3,(H,13,14,15). The Balaban J connectivity index is 2.13. The Morgan fingerprint density at radius 1 is 1.41 bits per heavy atom. The highest BCUT2D eigenvalue weighted by molar-refractivity contribution is 7.84. The highest BCUT2D eigenvalue weighted by Crippen LogP contribution is 2.24. The van der Waals surface area contributed by atoms with E-state index >= 15 is 0 Å². The van der Waals surface area contributed by atoms with Crippen LogP contribution >= 0.6 is 0 Å². The largest absolute Gasteiger partial charge is 0.366 e. The molecule has 17 heavy (non-hydrogen) atoms. The van der Waals surface area contributed by atoms with E-state index < -0.39 is 10.8 Å². The fraction of sp³-hybridized carbons (Fsp3) is 0.667. The molecule has 2 rings (SSSR count). The normalized spacial score (nSPS) is 18.2. The molecule has 1 heterocycles. The Bertz CT molecular complexity index is 422. The predicted molar refractivity (Wildman–Crippen MR) is 70.7 cm³/mol. The van der Waals surface area contributed by atoms with E-state index in [9.17, 15) is 4.21 Å². The number of hydrogen-bond acceptors (Lipinski definition) is 4. The Labute approximate surface area is 105 Å². The monoisotopic (exact) mass is 253 g/mol. The van der Waals surface area contributed by atoms with Crippen molar-refractivity contribution < 1.29 is 4.21 Å². The van der Waals surface area contributed by atoms with Crippen molar-refractivity contribution in [3.05, 3.63) is 17.6 Å². The quantitative estimate of drug-likeness (QED) is 0.884. The first-order valence-corrected chi connectivity index (χ1v) is 7.79. The molecule has 2 unspecified atom stereocenters. The maximum Gasteiger partial charge on any atom is 0.133 e. The second-order valence-corrected chi connectivity index (χ2v) is 6.12. The number of aromatic nitrogens is 2. The molecule has 0 bridgehead atoms. The number of anilines is 1. The Hall–Kier alpha value is -0.970. The zero-order chi connectivity index (χ0) is 12.3. The van der Waals surface area contributed by atoms with E-state index in [1.165, 1.54) is 24.1 Å². The van der Waals surface area contributed by atoms with Gasteiger partial charge in [-0.3, -0.25) is 4.21 Å². The molecule has 1 aliphatic carbocycles. The van der Waals surface area contributed by atoms with Gasteiger partial charge in [0.2, 0.25) is 0 Å². The lowest BCUT2D eigenvalue weighted by Crippen LogP contribution is -2.24. The fourth-order valence-corrected chi connectivity index (χ4v) is 3.06. The summed E-state index contributed by atoms with van der Waals surface area (Å²) in [5, 5.41) is 3.36. The van der Waals surface area contributed by atoms with Crippen molar-refractivity contribution in [2.24, 2.45) is 0 Å². The highest BCUT2D eigenvalue weighted by Gasteiger charge is 2.16. The number of rotatable bonds is 4. The van der Waals surface area contributed by atoms with Crippen LogP contribution in [0.4, 0.5) is 5.82 Å². The molecule has 0 amide bonds. The van der Waals surface area contributed by atoms with E-state index in [1.54, 1.807) is 12.6 Å². The summed E-state index contributed by atoms with van der Waals surface area (Å²) in [7, 11) is -0.777. The lowest BCUT2D eigenvalue weighted by atomic mass is 9.96. The summed E-state index contributed by atoms with van der Waals surface area (Å²) in [6.07, 6.45) is 7.90. The van der Waals surface area contributed by atoms with Crippen molar-refractivity contribution in [2.45, 2.75) is 38.6 Å². The van der Waals surface area contributed by atoms with Crippen LogP contribution in [0.25, 0.3) is 0 Å². The molecule has 94 valence electrons. The average Bonchev–Trinajstić information content (AvgIpc) is 2.28. The number of hydrogen-bond donors (Lipinski definition) is 1. The van der Waals surface area contributed by atoms with Crippen LogP contribution in [0.1, 0.15) is 31.0 Å². The lowest BCUT2D eigenvalue weighted by molar-refractivity contribution is 0.661. The summed E-state index contributed by atoms with van der Waals surface area (Å²) in [6.45, 7) is 2.04. The molecule has 4 nitrogen and oxygen atoms in total. The summed E-state index contributed by atoms with van der Waals surface area (Å²) >= 11 is 0. The second kappa shape index (κ2) is 5.58. The molecule has 0 saturated heterocycles. The van der Waals surface area contributed by atoms with Crippen LogP contribution in [-0.4, -0.2) is 32.2 Å². The summed E-state index contributed by atoms with van der Waals surface area (Å²) < 4.78 is 11.2. The molecule has 0 radical (unpaired) electrons. The molecule has 1 aliphatic rings. The summed E-state index contributed by atoms with van der Waals surface area (Å²) in [5.41, 5.74) is 2.44. The van der Waals surface area contributed by atoms with Crippen LogP contribution in [-0.2, 0) is 23.6 Å². The molecule has 2 atom stereocenters. The van der Waals surface area contributed by atoms with E-state index in [0.29, 0.717) is 5.75 Å². The first-order chi connectivity index (χ1) is 8.16. The van der Waals surface area contributed by atoms with E-state index in [2.05, 4.69) is 15.3 Å². The molecule has 0 spiro atoms. The van der Waals surface area contributed by atoms with Gasteiger partial charge in [0.15, 0.2) is 0 Å². The van der Waals surface area contributed by atoms with Crippen molar-refractivity contribution in [1.82, 2.24) is 9.97 Å². The van der Waals surface area contributed by atoms with Crippen LogP contribution < -0.4 is 5.32 Å². The zero-order valence-electron chi connectivity index (χ0n) is 10.4. The number of fused-ring (bicyclic) bond motifs is 1. The van der Waals surface area contributed by atoms with Gasteiger partial charge in [0.05, 0.1) is 0 Å². The first-order valence-electron chi connectivity index (χ1n) is 6.06. The molecule has 0 fully saturated rings. The summed E-state index contributed by atoms with van der Waals surface area (Å²) in [6, 6.07) is 0.182. The zero-order valence-corrected chi connectivity index (χ0v) is 11.2. The van der Waals surface area contributed by atoms with Crippen molar-refractivity contribution >= 4 is 16.6 Å². The van der Waals surface area contributed by atoms with Gasteiger partial charge in [-0.05, 0) is 32.6 Å². The Kier molecular flexibility index (Phi) is 4.10. The molecule has 1 N–H and O–H groups in total. The maximum absolute atomic E-state index is 11.2. The first kappa shape index (κ1) is 12.5. The average molecular weight is 253 g/mol. The van der Waals surface area contributed by atoms with Crippen molar-refractivity contribution in [3.8, 4) is 0 Å². The third kappa shape index (κ3) is 3.25. The van der Waals surface area contributed by atoms with Crippen molar-refractivity contribution in [3.63, 3.8) is 0 Å². The molecule has 0 aliphatic heterocycles. The SMILES string of the molecule is CC(CS(C)=O)Nc1ncnc2c1CCCC2. The van der Waals surface area contributed by atoms with Gasteiger partial charge in [-0.15, -0.1) is 0 Å². The summed E-state index contributed by atoms with van der Waals surface area (Å²) in [4.78, 5) is 8.66. The smallest absolute Gasteiger partial charge is 0.133 e. The second-order valence-electron chi connectivity index (χ2n) is 4.64. The predicted octanol–water partition coefficient (Wildman–Crippen LogP) is 1.53. The van der Waals surface area contributed by atoms with Crippen LogP contribution in [0, 0.1) is 0 Å². The molecule has 0 saturated carbocycles. The van der Waals surface area contributed by atoms with Gasteiger partial charge in [-0.2, -0.15) is 0 Å². The van der Waals surface area contributed by atoms with Crippen LogP contribution in [0.3, 0.4) is 0 Å². The lowest BCUT2D eigenvalue weighted by Gasteiger charge is -2.20. The minimum atomic E-state index is -0.777. The van der Waals surface area contributed by atoms with Crippen molar-refractivity contribution in [2.75, 3.05) is 17.3 Å². The molecule has 1 aromatic rings. The highest BCUT2D eigenvalue weighted by atomic mass is 32.2. The molecule has 0 aromatic carbocycles. The minimum Gasteiger partial charge on any atom is -0.366 e. The molecule has 1 aromatic heterocycles. The van der Waals surface area contributed by atoms with Crippen LogP contribution in [0.5, 0.6) is 0 Å². The summed E-state index contributed by atoms with van der Waals surface area (Å²) in [5.74, 6) is 1.59. The minimum absolute atomic E-state index is 0.182. The van der Waals surface area contributed by atoms with Crippen LogP contribution in [0.15, 0.2) is 6.33 Å². The number of nitrogens with zero attached hydrogens (tertiary/aromatic N) is 2. The Morgan fingerprint density at radius 2 is 2.18 bits per heavy atom. The van der Waals surface area contributed by atoms with Gasteiger partial charge < -0.3 is 5.32 Å². The van der Waals surface area contributed by atoms with Gasteiger partial charge in [0.25, 0.3) is 0 Å². The van der Waals surface area contributed by atoms with Crippen molar-refractivity contribution in [1.29, 1.82) is 0 Å².